The van der Waals surface area contributed by atoms with Crippen LogP contribution in [0.15, 0.2) is 9.07 Å². The number of hydrogen-bond acceptors (Lipinski definition) is 1. The molecule has 0 spiro atoms. The van der Waals surface area contributed by atoms with E-state index in [1.807, 2.05) is 13.8 Å². The first-order valence-electron chi connectivity index (χ1n) is 2.10. The van der Waals surface area contributed by atoms with Gasteiger partial charge in [-0.05, 0) is 0 Å². The molecule has 0 aliphatic heterocycles. The summed E-state index contributed by atoms with van der Waals surface area (Å²) < 4.78 is 3.99. The van der Waals surface area contributed by atoms with Crippen LogP contribution >= 0.6 is 0 Å². The zero-order valence-corrected chi connectivity index (χ0v) is 7.50. The van der Waals surface area contributed by atoms with Crippen LogP contribution < -0.4 is 0 Å². The van der Waals surface area contributed by atoms with Crippen molar-refractivity contribution in [1.29, 1.82) is 0 Å². The predicted molar refractivity (Wildman–Crippen MR) is 25.4 cm³/mol. The SMILES string of the molecule is C[C-]=C(C)C[N]=[W]. The van der Waals surface area contributed by atoms with Gasteiger partial charge in [0.1, 0.15) is 0 Å². The van der Waals surface area contributed by atoms with E-state index in [0.717, 1.165) is 6.54 Å². The van der Waals surface area contributed by atoms with Gasteiger partial charge in [0.15, 0.2) is 0 Å². The Kier molecular flexibility index (Phi) is 4.53. The summed E-state index contributed by atoms with van der Waals surface area (Å²) in [4.78, 5) is 0. The number of allylic oxidation sites excluding steroid dienone is 1. The second-order valence-corrected chi connectivity index (χ2v) is 2.25. The van der Waals surface area contributed by atoms with E-state index in [4.69, 9.17) is 0 Å². The summed E-state index contributed by atoms with van der Waals surface area (Å²) in [5.74, 6) is 0. The average molecular weight is 266 g/mol. The van der Waals surface area contributed by atoms with Gasteiger partial charge >= 0.3 is 55.2 Å². The zero-order chi connectivity index (χ0) is 5.70. The van der Waals surface area contributed by atoms with Gasteiger partial charge in [-0.25, -0.2) is 0 Å². The molecule has 0 N–H and O–H groups in total. The molecule has 0 aromatic carbocycles. The first kappa shape index (κ1) is 7.23. The van der Waals surface area contributed by atoms with Crippen molar-refractivity contribution in [3.8, 4) is 0 Å². The fourth-order valence-corrected chi connectivity index (χ4v) is 0.872. The standard InChI is InChI=1S/C5H8N.W/c1-3-5(2)4-6;/h4H2,1-2H3;/q-1;. The molecule has 0 fully saturated rings. The molecule has 40 valence electrons. The first-order chi connectivity index (χ1) is 3.31. The quantitative estimate of drug-likeness (QED) is 0.671. The number of hydrogen-bond donors (Lipinski definition) is 0. The molecule has 0 heterocycles. The van der Waals surface area contributed by atoms with Crippen LogP contribution in [-0.2, 0) is 19.6 Å². The normalized spacial score (nSPS) is 11.4. The van der Waals surface area contributed by atoms with Gasteiger partial charge in [0.05, 0.1) is 0 Å². The van der Waals surface area contributed by atoms with Crippen LogP contribution in [0.4, 0.5) is 0 Å². The van der Waals surface area contributed by atoms with E-state index in [0.29, 0.717) is 0 Å². The third kappa shape index (κ3) is 4.07. The Morgan fingerprint density at radius 1 is 1.86 bits per heavy atom. The Labute approximate surface area is 55.6 Å². The third-order valence-electron chi connectivity index (χ3n) is 0.728. The monoisotopic (exact) mass is 266 g/mol. The van der Waals surface area contributed by atoms with Crippen molar-refractivity contribution in [1.82, 2.24) is 0 Å². The Bertz CT molecular complexity index is 86.1. The topological polar surface area (TPSA) is 12.4 Å². The van der Waals surface area contributed by atoms with Crippen LogP contribution in [0.25, 0.3) is 0 Å². The zero-order valence-electron chi connectivity index (χ0n) is 4.56. The second-order valence-electron chi connectivity index (χ2n) is 1.32. The molecule has 2 heteroatoms. The molecule has 0 aliphatic rings. The predicted octanol–water partition coefficient (Wildman–Crippen LogP) is 1.49. The van der Waals surface area contributed by atoms with E-state index in [-0.39, 0.29) is 0 Å². The van der Waals surface area contributed by atoms with Crippen LogP contribution in [0.5, 0.6) is 0 Å². The first-order valence-corrected chi connectivity index (χ1v) is 3.41. The molecule has 1 nitrogen and oxygen atoms in total. The van der Waals surface area contributed by atoms with Gasteiger partial charge in [-0.1, -0.05) is 0 Å². The minimum atomic E-state index is 0.867. The summed E-state index contributed by atoms with van der Waals surface area (Å²) in [6, 6.07) is 0. The molecule has 0 aliphatic carbocycles. The van der Waals surface area contributed by atoms with Gasteiger partial charge in [-0.2, -0.15) is 0 Å². The van der Waals surface area contributed by atoms with E-state index in [1.54, 1.807) is 0 Å². The maximum absolute atomic E-state index is 3.99. The summed E-state index contributed by atoms with van der Waals surface area (Å²) in [6.07, 6.45) is 3.00. The Hall–Kier alpha value is 0.228. The summed E-state index contributed by atoms with van der Waals surface area (Å²) in [5.41, 5.74) is 1.23. The van der Waals surface area contributed by atoms with Crippen molar-refractivity contribution in [2.24, 2.45) is 3.50 Å². The summed E-state index contributed by atoms with van der Waals surface area (Å²) >= 11 is 1.30. The van der Waals surface area contributed by atoms with Crippen LogP contribution in [0.1, 0.15) is 13.8 Å². The van der Waals surface area contributed by atoms with Crippen LogP contribution in [0.3, 0.4) is 0 Å². The molecule has 0 saturated carbocycles. The van der Waals surface area contributed by atoms with E-state index < -0.39 is 0 Å². The second kappa shape index (κ2) is 4.39. The average Bonchev–Trinajstić information content (AvgIpc) is 1.68. The molecule has 0 bridgehead atoms. The van der Waals surface area contributed by atoms with Crippen molar-refractivity contribution in [2.45, 2.75) is 13.8 Å². The molecule has 0 aromatic heterocycles. The third-order valence-corrected chi connectivity index (χ3v) is 1.19. The van der Waals surface area contributed by atoms with E-state index >= 15 is 0 Å². The maximum atomic E-state index is 3.99. The Balaban J connectivity index is 3.36. The summed E-state index contributed by atoms with van der Waals surface area (Å²) in [7, 11) is 0. The van der Waals surface area contributed by atoms with E-state index in [2.05, 4.69) is 9.57 Å². The summed E-state index contributed by atoms with van der Waals surface area (Å²) in [5, 5.41) is 0. The van der Waals surface area contributed by atoms with Crippen molar-refractivity contribution >= 4 is 0 Å². The molecular weight excluding hydrogens is 258 g/mol. The summed E-state index contributed by atoms with van der Waals surface area (Å²) in [6.45, 7) is 4.81. The van der Waals surface area contributed by atoms with Gasteiger partial charge in [-0.3, -0.25) is 0 Å². The van der Waals surface area contributed by atoms with Crippen molar-refractivity contribution in [3.05, 3.63) is 11.6 Å². The number of nitrogens with zero attached hydrogens (tertiary/aromatic N) is 1. The fourth-order valence-electron chi connectivity index (χ4n) is 0.176. The molecule has 0 radical (unpaired) electrons. The van der Waals surface area contributed by atoms with Crippen molar-refractivity contribution in [3.63, 3.8) is 0 Å². The molecule has 7 heavy (non-hydrogen) atoms. The molecule has 0 aromatic rings. The van der Waals surface area contributed by atoms with Gasteiger partial charge in [0.2, 0.25) is 0 Å². The van der Waals surface area contributed by atoms with Gasteiger partial charge in [0, 0.05) is 0 Å². The molecule has 0 unspecified atom stereocenters. The number of rotatable bonds is 2. The molecular formula is C5H8NW-. The van der Waals surface area contributed by atoms with Gasteiger partial charge < -0.3 is 0 Å². The van der Waals surface area contributed by atoms with Crippen LogP contribution in [-0.4, -0.2) is 6.54 Å². The van der Waals surface area contributed by atoms with Crippen molar-refractivity contribution < 1.29 is 19.6 Å². The molecule has 0 atom stereocenters. The minimum absolute atomic E-state index is 0.867. The molecule has 0 amide bonds. The van der Waals surface area contributed by atoms with Crippen LogP contribution in [0.2, 0.25) is 0 Å². The molecule has 0 saturated heterocycles. The van der Waals surface area contributed by atoms with Crippen LogP contribution in [0, 0.1) is 6.08 Å². The Morgan fingerprint density at radius 2 is 2.43 bits per heavy atom. The van der Waals surface area contributed by atoms with E-state index in [9.17, 15) is 0 Å². The Morgan fingerprint density at radius 3 is 2.57 bits per heavy atom. The van der Waals surface area contributed by atoms with Gasteiger partial charge in [-0.15, -0.1) is 0 Å². The van der Waals surface area contributed by atoms with Crippen molar-refractivity contribution in [2.75, 3.05) is 6.54 Å². The fraction of sp³-hybridized carbons (Fsp3) is 0.600. The molecule has 0 rings (SSSR count). The van der Waals surface area contributed by atoms with Gasteiger partial charge in [0.25, 0.3) is 0 Å². The van der Waals surface area contributed by atoms with E-state index in [1.165, 1.54) is 25.2 Å².